The Labute approximate surface area is 183 Å². The number of phenolic OH excluding ortho intramolecular Hbond substituents is 1. The molecule has 0 aliphatic carbocycles. The summed E-state index contributed by atoms with van der Waals surface area (Å²) >= 11 is 12.2. The molecule has 1 N–H and O–H groups in total. The highest BCUT2D eigenvalue weighted by molar-refractivity contribution is 6.37. The maximum absolute atomic E-state index is 9.88. The lowest BCUT2D eigenvalue weighted by atomic mass is 9.91. The van der Waals surface area contributed by atoms with E-state index in [0.29, 0.717) is 5.75 Å². The van der Waals surface area contributed by atoms with Crippen molar-refractivity contribution < 1.29 is 9.84 Å². The second-order valence-corrected chi connectivity index (χ2v) is 7.81. The highest BCUT2D eigenvalue weighted by Gasteiger charge is 2.17. The molecule has 2 nitrogen and oxygen atoms in total. The van der Waals surface area contributed by atoms with Crippen LogP contribution in [-0.2, 0) is 0 Å². The average Bonchev–Trinajstić information content (AvgIpc) is 2.78. The van der Waals surface area contributed by atoms with Crippen molar-refractivity contribution in [2.45, 2.75) is 0 Å². The summed E-state index contributed by atoms with van der Waals surface area (Å²) in [5.41, 5.74) is 2.31. The molecule has 0 fully saturated rings. The maximum Gasteiger partial charge on any atom is 0.153 e. The molecule has 0 heterocycles. The fourth-order valence-corrected chi connectivity index (χ4v) is 4.30. The molecule has 0 spiro atoms. The van der Waals surface area contributed by atoms with Crippen molar-refractivity contribution in [2.24, 2.45) is 0 Å². The first-order chi connectivity index (χ1) is 14.6. The van der Waals surface area contributed by atoms with E-state index in [-0.39, 0.29) is 15.8 Å². The molecule has 0 aliphatic heterocycles. The van der Waals surface area contributed by atoms with Crippen LogP contribution in [0.2, 0.25) is 10.0 Å². The van der Waals surface area contributed by atoms with Gasteiger partial charge in [0.15, 0.2) is 5.75 Å². The lowest BCUT2D eigenvalue weighted by Crippen LogP contribution is -1.92. The summed E-state index contributed by atoms with van der Waals surface area (Å²) in [4.78, 5) is 0. The van der Waals surface area contributed by atoms with E-state index in [1.165, 1.54) is 0 Å². The highest BCUT2D eigenvalue weighted by Crippen LogP contribution is 2.45. The molecule has 0 radical (unpaired) electrons. The topological polar surface area (TPSA) is 29.5 Å². The van der Waals surface area contributed by atoms with Gasteiger partial charge in [-0.05, 0) is 21.9 Å². The molecular weight excluding hydrogens is 415 g/mol. The number of ether oxygens (including phenoxy) is 1. The lowest BCUT2D eigenvalue weighted by molar-refractivity contribution is 0.468. The smallest absolute Gasteiger partial charge is 0.153 e. The number of hydrogen-bond acceptors (Lipinski definition) is 2. The molecule has 0 aromatic heterocycles. The molecule has 0 saturated heterocycles. The first-order valence-corrected chi connectivity index (χ1v) is 10.2. The third kappa shape index (κ3) is 3.15. The normalized spacial score (nSPS) is 11.1. The van der Waals surface area contributed by atoms with E-state index in [9.17, 15) is 5.11 Å². The van der Waals surface area contributed by atoms with Crippen molar-refractivity contribution in [1.82, 2.24) is 0 Å². The summed E-state index contributed by atoms with van der Waals surface area (Å²) in [5, 5.41) is 14.3. The van der Waals surface area contributed by atoms with E-state index in [1.807, 2.05) is 54.6 Å². The van der Waals surface area contributed by atoms with Crippen LogP contribution in [0.1, 0.15) is 0 Å². The number of rotatable bonds is 3. The van der Waals surface area contributed by atoms with Gasteiger partial charge < -0.3 is 9.84 Å². The number of fused-ring (bicyclic) bond motifs is 2. The Balaban J connectivity index is 1.83. The Morgan fingerprint density at radius 1 is 0.600 bits per heavy atom. The minimum Gasteiger partial charge on any atom is -0.505 e. The molecule has 0 saturated carbocycles. The van der Waals surface area contributed by atoms with Gasteiger partial charge in [-0.25, -0.2) is 0 Å². The number of hydrogen-bond donors (Lipinski definition) is 1. The lowest BCUT2D eigenvalue weighted by Gasteiger charge is -2.18. The van der Waals surface area contributed by atoms with Crippen molar-refractivity contribution in [3.8, 4) is 28.4 Å². The zero-order valence-electron chi connectivity index (χ0n) is 15.8. The van der Waals surface area contributed by atoms with Crippen molar-refractivity contribution in [2.75, 3.05) is 0 Å². The molecule has 0 aliphatic rings. The Morgan fingerprint density at radius 3 is 1.60 bits per heavy atom. The van der Waals surface area contributed by atoms with Crippen LogP contribution >= 0.6 is 23.2 Å². The highest BCUT2D eigenvalue weighted by atomic mass is 35.5. The summed E-state index contributed by atoms with van der Waals surface area (Å²) in [6.45, 7) is 0. The summed E-state index contributed by atoms with van der Waals surface area (Å²) in [6, 6.07) is 29.8. The molecule has 146 valence electrons. The van der Waals surface area contributed by atoms with Crippen LogP contribution in [0, 0.1) is 0 Å². The Bertz CT molecular complexity index is 1320. The van der Waals surface area contributed by atoms with Crippen LogP contribution in [0.15, 0.2) is 91.0 Å². The zero-order chi connectivity index (χ0) is 20.7. The van der Waals surface area contributed by atoms with E-state index in [4.69, 9.17) is 27.9 Å². The molecular formula is C26H16Cl2O2. The molecule has 5 aromatic rings. The van der Waals surface area contributed by atoms with Gasteiger partial charge in [-0.15, -0.1) is 0 Å². The molecule has 0 atom stereocenters. The largest absolute Gasteiger partial charge is 0.505 e. The average molecular weight is 431 g/mol. The second-order valence-electron chi connectivity index (χ2n) is 7.00. The van der Waals surface area contributed by atoms with Gasteiger partial charge in [-0.1, -0.05) is 102 Å². The number of benzene rings is 5. The van der Waals surface area contributed by atoms with Crippen LogP contribution in [0.3, 0.4) is 0 Å². The van der Waals surface area contributed by atoms with Crippen molar-refractivity contribution >= 4 is 44.7 Å². The predicted molar refractivity (Wildman–Crippen MR) is 125 cm³/mol. The Hall–Kier alpha value is -3.20. The molecule has 0 bridgehead atoms. The van der Waals surface area contributed by atoms with Crippen molar-refractivity contribution in [3.05, 3.63) is 101 Å². The Kier molecular flexibility index (Phi) is 4.74. The van der Waals surface area contributed by atoms with Gasteiger partial charge in [0.1, 0.15) is 11.5 Å². The SMILES string of the molecule is Oc1c(Cl)cc(Oc2c3ccccc3c(-c3ccccc3)c3ccccc23)cc1Cl. The van der Waals surface area contributed by atoms with E-state index >= 15 is 0 Å². The van der Waals surface area contributed by atoms with Gasteiger partial charge in [0.2, 0.25) is 0 Å². The van der Waals surface area contributed by atoms with Crippen LogP contribution in [0.4, 0.5) is 0 Å². The van der Waals surface area contributed by atoms with Crippen LogP contribution in [0.25, 0.3) is 32.7 Å². The molecule has 5 aromatic carbocycles. The monoisotopic (exact) mass is 430 g/mol. The molecule has 0 amide bonds. The van der Waals surface area contributed by atoms with E-state index in [2.05, 4.69) is 24.3 Å². The van der Waals surface area contributed by atoms with E-state index in [0.717, 1.165) is 38.4 Å². The molecule has 30 heavy (non-hydrogen) atoms. The minimum absolute atomic E-state index is 0.145. The van der Waals surface area contributed by atoms with Gasteiger partial charge in [0, 0.05) is 22.9 Å². The predicted octanol–water partition coefficient (Wildman–Crippen LogP) is 8.46. The van der Waals surface area contributed by atoms with Gasteiger partial charge >= 0.3 is 0 Å². The number of aromatic hydroxyl groups is 1. The quantitative estimate of drug-likeness (QED) is 0.290. The first kappa shape index (κ1) is 18.8. The number of halogens is 2. The summed E-state index contributed by atoms with van der Waals surface area (Å²) in [5.74, 6) is 1.03. The van der Waals surface area contributed by atoms with Gasteiger partial charge in [-0.3, -0.25) is 0 Å². The van der Waals surface area contributed by atoms with E-state index < -0.39 is 0 Å². The third-order valence-corrected chi connectivity index (χ3v) is 5.73. The number of phenols is 1. The maximum atomic E-state index is 9.88. The van der Waals surface area contributed by atoms with Crippen molar-refractivity contribution in [3.63, 3.8) is 0 Å². The zero-order valence-corrected chi connectivity index (χ0v) is 17.3. The first-order valence-electron chi connectivity index (χ1n) is 9.48. The van der Waals surface area contributed by atoms with E-state index in [1.54, 1.807) is 12.1 Å². The van der Waals surface area contributed by atoms with Crippen LogP contribution < -0.4 is 4.74 Å². The molecule has 0 unspecified atom stereocenters. The fourth-order valence-electron chi connectivity index (χ4n) is 3.83. The molecule has 5 rings (SSSR count). The van der Waals surface area contributed by atoms with Gasteiger partial charge in [-0.2, -0.15) is 0 Å². The van der Waals surface area contributed by atoms with Crippen LogP contribution in [-0.4, -0.2) is 5.11 Å². The third-order valence-electron chi connectivity index (χ3n) is 5.15. The second kappa shape index (κ2) is 7.56. The summed E-state index contributed by atoms with van der Waals surface area (Å²) in [6.07, 6.45) is 0. The van der Waals surface area contributed by atoms with Crippen LogP contribution in [0.5, 0.6) is 17.2 Å². The van der Waals surface area contributed by atoms with Gasteiger partial charge in [0.05, 0.1) is 10.0 Å². The van der Waals surface area contributed by atoms with Crippen molar-refractivity contribution in [1.29, 1.82) is 0 Å². The molecule has 4 heteroatoms. The standard InChI is InChI=1S/C26H16Cl2O2/c27-22-14-17(15-23(28)25(22)29)30-26-20-12-6-4-10-18(20)24(16-8-2-1-3-9-16)19-11-5-7-13-21(19)26/h1-15,29H. The fraction of sp³-hybridized carbons (Fsp3) is 0. The summed E-state index contributed by atoms with van der Waals surface area (Å²) in [7, 11) is 0. The Morgan fingerprint density at radius 2 is 1.07 bits per heavy atom. The summed E-state index contributed by atoms with van der Waals surface area (Å²) < 4.78 is 6.33. The minimum atomic E-state index is -0.153. The van der Waals surface area contributed by atoms with Gasteiger partial charge in [0.25, 0.3) is 0 Å².